The lowest BCUT2D eigenvalue weighted by atomic mass is 10.2. The van der Waals surface area contributed by atoms with Crippen molar-refractivity contribution >= 4 is 5.95 Å². The van der Waals surface area contributed by atoms with Gasteiger partial charge in [0.15, 0.2) is 0 Å². The number of nitrogens with zero attached hydrogens (tertiary/aromatic N) is 3. The van der Waals surface area contributed by atoms with Crippen LogP contribution in [0.3, 0.4) is 0 Å². The first-order valence-electron chi connectivity index (χ1n) is 4.37. The van der Waals surface area contributed by atoms with Crippen molar-refractivity contribution in [2.75, 3.05) is 5.73 Å². The molecule has 1 aromatic heterocycles. The number of anilines is 1. The number of aromatic nitrogens is 3. The lowest BCUT2D eigenvalue weighted by Crippen LogP contribution is -2.10. The average Bonchev–Trinajstić information content (AvgIpc) is 2.34. The lowest BCUT2D eigenvalue weighted by Gasteiger charge is -2.13. The van der Waals surface area contributed by atoms with Gasteiger partial charge in [-0.1, -0.05) is 13.8 Å². The van der Waals surface area contributed by atoms with E-state index in [2.05, 4.69) is 23.9 Å². The molecular formula is C8H16N4. The number of hydrogen-bond donors (Lipinski definition) is 1. The van der Waals surface area contributed by atoms with E-state index in [0.29, 0.717) is 12.0 Å². The van der Waals surface area contributed by atoms with Crippen molar-refractivity contribution in [2.24, 2.45) is 0 Å². The van der Waals surface area contributed by atoms with Gasteiger partial charge in [-0.3, -0.25) is 0 Å². The molecule has 0 fully saturated rings. The summed E-state index contributed by atoms with van der Waals surface area (Å²) in [5, 5.41) is 4.14. The molecule has 0 saturated heterocycles. The highest BCUT2D eigenvalue weighted by molar-refractivity contribution is 5.13. The predicted octanol–water partition coefficient (Wildman–Crippen LogP) is 1.53. The van der Waals surface area contributed by atoms with Gasteiger partial charge in [-0.25, -0.2) is 4.68 Å². The summed E-state index contributed by atoms with van der Waals surface area (Å²) >= 11 is 0. The molecule has 4 heteroatoms. The Balaban J connectivity index is 2.91. The number of rotatable bonds is 3. The summed E-state index contributed by atoms with van der Waals surface area (Å²) in [5.74, 6) is 1.28. The highest BCUT2D eigenvalue weighted by Gasteiger charge is 2.10. The Kier molecular flexibility index (Phi) is 2.68. The van der Waals surface area contributed by atoms with Crippen LogP contribution in [0.4, 0.5) is 5.95 Å². The molecule has 0 radical (unpaired) electrons. The minimum absolute atomic E-state index is 0.374. The molecule has 0 spiro atoms. The van der Waals surface area contributed by atoms with Crippen molar-refractivity contribution in [3.8, 4) is 0 Å². The number of nitrogen functional groups attached to an aromatic ring is 1. The first kappa shape index (κ1) is 9.03. The molecule has 4 nitrogen and oxygen atoms in total. The summed E-state index contributed by atoms with van der Waals surface area (Å²) in [6.07, 6.45) is 2.14. The molecule has 0 saturated carbocycles. The third kappa shape index (κ3) is 1.57. The SMILES string of the molecule is CCC(CC)n1nc(N)nc1C. The topological polar surface area (TPSA) is 56.7 Å². The van der Waals surface area contributed by atoms with Gasteiger partial charge in [0, 0.05) is 0 Å². The smallest absolute Gasteiger partial charge is 0.239 e. The zero-order valence-corrected chi connectivity index (χ0v) is 7.91. The summed E-state index contributed by atoms with van der Waals surface area (Å²) in [5.41, 5.74) is 5.48. The first-order valence-corrected chi connectivity index (χ1v) is 4.37. The van der Waals surface area contributed by atoms with Crippen molar-refractivity contribution < 1.29 is 0 Å². The third-order valence-electron chi connectivity index (χ3n) is 2.11. The second-order valence-electron chi connectivity index (χ2n) is 2.93. The van der Waals surface area contributed by atoms with Crippen molar-refractivity contribution in [3.63, 3.8) is 0 Å². The quantitative estimate of drug-likeness (QED) is 0.744. The van der Waals surface area contributed by atoms with E-state index in [0.717, 1.165) is 18.7 Å². The predicted molar refractivity (Wildman–Crippen MR) is 48.8 cm³/mol. The van der Waals surface area contributed by atoms with Crippen LogP contribution in [0, 0.1) is 6.92 Å². The Morgan fingerprint density at radius 3 is 2.33 bits per heavy atom. The molecule has 1 aromatic rings. The molecule has 0 aliphatic heterocycles. The maximum atomic E-state index is 5.48. The van der Waals surface area contributed by atoms with Crippen LogP contribution in [-0.4, -0.2) is 14.8 Å². The first-order chi connectivity index (χ1) is 5.69. The highest BCUT2D eigenvalue weighted by atomic mass is 15.4. The Bertz CT molecular complexity index is 250. The van der Waals surface area contributed by atoms with Crippen LogP contribution in [0.5, 0.6) is 0 Å². The summed E-state index contributed by atoms with van der Waals surface area (Å²) in [6, 6.07) is 0.440. The van der Waals surface area contributed by atoms with E-state index in [4.69, 9.17) is 5.73 Å². The summed E-state index contributed by atoms with van der Waals surface area (Å²) in [6.45, 7) is 6.22. The van der Waals surface area contributed by atoms with Crippen LogP contribution in [-0.2, 0) is 0 Å². The van der Waals surface area contributed by atoms with E-state index in [1.54, 1.807) is 0 Å². The minimum Gasteiger partial charge on any atom is -0.366 e. The van der Waals surface area contributed by atoms with Crippen LogP contribution in [0.15, 0.2) is 0 Å². The van der Waals surface area contributed by atoms with Gasteiger partial charge in [0.1, 0.15) is 5.82 Å². The van der Waals surface area contributed by atoms with Gasteiger partial charge in [-0.2, -0.15) is 4.98 Å². The number of aryl methyl sites for hydroxylation is 1. The van der Waals surface area contributed by atoms with E-state index in [9.17, 15) is 0 Å². The molecule has 0 aromatic carbocycles. The van der Waals surface area contributed by atoms with Gasteiger partial charge >= 0.3 is 0 Å². The van der Waals surface area contributed by atoms with Gasteiger partial charge in [-0.15, -0.1) is 5.10 Å². The van der Waals surface area contributed by atoms with Gasteiger partial charge in [0.2, 0.25) is 5.95 Å². The third-order valence-corrected chi connectivity index (χ3v) is 2.11. The van der Waals surface area contributed by atoms with Crippen molar-refractivity contribution in [1.82, 2.24) is 14.8 Å². The fourth-order valence-electron chi connectivity index (χ4n) is 1.40. The number of nitrogens with two attached hydrogens (primary N) is 1. The Morgan fingerprint density at radius 1 is 1.42 bits per heavy atom. The maximum Gasteiger partial charge on any atom is 0.239 e. The van der Waals surface area contributed by atoms with Crippen molar-refractivity contribution in [3.05, 3.63) is 5.82 Å². The number of hydrogen-bond acceptors (Lipinski definition) is 3. The standard InChI is InChI=1S/C8H16N4/c1-4-7(5-2)12-6(3)10-8(9)11-12/h7H,4-5H2,1-3H3,(H2,9,11). The summed E-state index contributed by atoms with van der Waals surface area (Å²) in [7, 11) is 0. The molecule has 0 bridgehead atoms. The second kappa shape index (κ2) is 3.56. The molecule has 12 heavy (non-hydrogen) atoms. The molecule has 0 atom stereocenters. The molecule has 0 aliphatic carbocycles. The Labute approximate surface area is 72.8 Å². The van der Waals surface area contributed by atoms with E-state index in [-0.39, 0.29) is 0 Å². The van der Waals surface area contributed by atoms with Crippen LogP contribution < -0.4 is 5.73 Å². The Morgan fingerprint density at radius 2 is 2.00 bits per heavy atom. The van der Waals surface area contributed by atoms with E-state index >= 15 is 0 Å². The molecule has 68 valence electrons. The summed E-state index contributed by atoms with van der Waals surface area (Å²) in [4.78, 5) is 4.06. The molecule has 1 rings (SSSR count). The molecule has 1 heterocycles. The maximum absolute atomic E-state index is 5.48. The summed E-state index contributed by atoms with van der Waals surface area (Å²) < 4.78 is 1.91. The normalized spacial score (nSPS) is 11.0. The zero-order valence-electron chi connectivity index (χ0n) is 7.91. The Hall–Kier alpha value is -1.06. The van der Waals surface area contributed by atoms with E-state index in [1.807, 2.05) is 11.6 Å². The highest BCUT2D eigenvalue weighted by Crippen LogP contribution is 2.16. The fourth-order valence-corrected chi connectivity index (χ4v) is 1.40. The van der Waals surface area contributed by atoms with E-state index < -0.39 is 0 Å². The molecular weight excluding hydrogens is 152 g/mol. The van der Waals surface area contributed by atoms with Gasteiger partial charge < -0.3 is 5.73 Å². The molecule has 0 unspecified atom stereocenters. The van der Waals surface area contributed by atoms with Crippen molar-refractivity contribution in [2.45, 2.75) is 39.7 Å². The second-order valence-corrected chi connectivity index (χ2v) is 2.93. The largest absolute Gasteiger partial charge is 0.366 e. The zero-order chi connectivity index (χ0) is 9.14. The molecule has 0 aliphatic rings. The van der Waals surface area contributed by atoms with Gasteiger partial charge in [-0.05, 0) is 19.8 Å². The van der Waals surface area contributed by atoms with Crippen LogP contribution >= 0.6 is 0 Å². The monoisotopic (exact) mass is 168 g/mol. The van der Waals surface area contributed by atoms with Gasteiger partial charge in [0.05, 0.1) is 6.04 Å². The van der Waals surface area contributed by atoms with Crippen LogP contribution in [0.25, 0.3) is 0 Å². The average molecular weight is 168 g/mol. The minimum atomic E-state index is 0.374. The van der Waals surface area contributed by atoms with Gasteiger partial charge in [0.25, 0.3) is 0 Å². The molecule has 0 amide bonds. The fraction of sp³-hybridized carbons (Fsp3) is 0.750. The molecule has 2 N–H and O–H groups in total. The van der Waals surface area contributed by atoms with Crippen LogP contribution in [0.2, 0.25) is 0 Å². The van der Waals surface area contributed by atoms with Crippen molar-refractivity contribution in [1.29, 1.82) is 0 Å². The van der Waals surface area contributed by atoms with Crippen LogP contribution in [0.1, 0.15) is 38.6 Å². The lowest BCUT2D eigenvalue weighted by molar-refractivity contribution is 0.419. The van der Waals surface area contributed by atoms with E-state index in [1.165, 1.54) is 0 Å².